The van der Waals surface area contributed by atoms with E-state index in [1.807, 2.05) is 0 Å². The van der Waals surface area contributed by atoms with Crippen LogP contribution in [0, 0.1) is 0 Å². The van der Waals surface area contributed by atoms with Crippen molar-refractivity contribution in [3.8, 4) is 0 Å². The Bertz CT molecular complexity index is 220. The van der Waals surface area contributed by atoms with Crippen LogP contribution in [0.4, 0.5) is 0 Å². The number of rotatable bonds is 14. The Balaban J connectivity index is 0. The lowest BCUT2D eigenvalue weighted by Crippen LogP contribution is -1.93. The zero-order chi connectivity index (χ0) is 16.2. The minimum absolute atomic E-state index is 0.250. The molecule has 4 heteroatoms. The van der Waals surface area contributed by atoms with E-state index >= 15 is 0 Å². The third kappa shape index (κ3) is 28.0. The molecule has 0 aromatic rings. The van der Waals surface area contributed by atoms with Crippen LogP contribution in [-0.4, -0.2) is 17.5 Å². The molecule has 0 bridgehead atoms. The normalized spacial score (nSPS) is 9.76. The highest BCUT2D eigenvalue weighted by molar-refractivity contribution is 5.66. The molecular weight excluding hydrogens is 266 g/mol. The van der Waals surface area contributed by atoms with Crippen LogP contribution in [-0.2, 0) is 9.59 Å². The fourth-order valence-electron chi connectivity index (χ4n) is 2.29. The van der Waals surface area contributed by atoms with Crippen LogP contribution in [0.15, 0.2) is 0 Å². The maximum Gasteiger partial charge on any atom is 0.303 e. The Hall–Kier alpha value is -1.06. The maximum atomic E-state index is 10.3. The topological polar surface area (TPSA) is 80.4 Å². The molecule has 0 aliphatic carbocycles. The molecule has 0 rings (SSSR count). The van der Waals surface area contributed by atoms with E-state index in [0.29, 0.717) is 6.42 Å². The van der Waals surface area contributed by atoms with Crippen LogP contribution >= 0.6 is 0 Å². The number of aliphatic carboxylic acids is 1. The number of nitrogens with two attached hydrogens (primary N) is 1. The molecule has 0 unspecified atom stereocenters. The molecule has 126 valence electrons. The smallest absolute Gasteiger partial charge is 0.303 e. The van der Waals surface area contributed by atoms with E-state index in [0.717, 1.165) is 12.8 Å². The summed E-state index contributed by atoms with van der Waals surface area (Å²) in [7, 11) is 0. The SMILES string of the molecule is CCCCCCCCCCCCCCCC(=O)O.NC=O. The van der Waals surface area contributed by atoms with Gasteiger partial charge in [-0.1, -0.05) is 84.0 Å². The Morgan fingerprint density at radius 1 is 0.810 bits per heavy atom. The van der Waals surface area contributed by atoms with Crippen LogP contribution in [0.25, 0.3) is 0 Å². The summed E-state index contributed by atoms with van der Waals surface area (Å²) >= 11 is 0. The first kappa shape index (κ1) is 22.2. The van der Waals surface area contributed by atoms with Crippen LogP contribution in [0.1, 0.15) is 96.8 Å². The fourth-order valence-corrected chi connectivity index (χ4v) is 2.29. The van der Waals surface area contributed by atoms with E-state index in [-0.39, 0.29) is 6.41 Å². The zero-order valence-electron chi connectivity index (χ0n) is 13.8. The second-order valence-corrected chi connectivity index (χ2v) is 5.52. The number of amides is 1. The summed E-state index contributed by atoms with van der Waals surface area (Å²) in [5.41, 5.74) is 4.17. The van der Waals surface area contributed by atoms with Crippen molar-refractivity contribution in [1.29, 1.82) is 0 Å². The molecule has 0 spiro atoms. The Morgan fingerprint density at radius 2 is 1.10 bits per heavy atom. The predicted octanol–water partition coefficient (Wildman–Crippen LogP) is 4.65. The summed E-state index contributed by atoms with van der Waals surface area (Å²) in [6, 6.07) is 0. The molecule has 0 aromatic heterocycles. The highest BCUT2D eigenvalue weighted by atomic mass is 16.4. The van der Waals surface area contributed by atoms with Gasteiger partial charge in [-0.25, -0.2) is 0 Å². The molecule has 0 saturated heterocycles. The van der Waals surface area contributed by atoms with Crippen LogP contribution in [0.5, 0.6) is 0 Å². The van der Waals surface area contributed by atoms with Crippen molar-refractivity contribution in [2.75, 3.05) is 0 Å². The van der Waals surface area contributed by atoms with E-state index in [4.69, 9.17) is 9.90 Å². The number of hydrogen-bond donors (Lipinski definition) is 2. The summed E-state index contributed by atoms with van der Waals surface area (Å²) < 4.78 is 0. The minimum atomic E-state index is -0.655. The lowest BCUT2D eigenvalue weighted by atomic mass is 10.0. The van der Waals surface area contributed by atoms with Crippen molar-refractivity contribution in [2.45, 2.75) is 96.8 Å². The highest BCUT2D eigenvalue weighted by Crippen LogP contribution is 2.12. The average Bonchev–Trinajstić information content (AvgIpc) is 2.44. The minimum Gasteiger partial charge on any atom is -0.481 e. The maximum absolute atomic E-state index is 10.3. The van der Waals surface area contributed by atoms with Gasteiger partial charge in [-0.05, 0) is 6.42 Å². The van der Waals surface area contributed by atoms with E-state index in [1.54, 1.807) is 0 Å². The number of unbranched alkanes of at least 4 members (excludes halogenated alkanes) is 12. The van der Waals surface area contributed by atoms with Gasteiger partial charge in [0.15, 0.2) is 0 Å². The van der Waals surface area contributed by atoms with Crippen molar-refractivity contribution >= 4 is 12.4 Å². The summed E-state index contributed by atoms with van der Waals surface area (Å²) in [4.78, 5) is 18.9. The van der Waals surface area contributed by atoms with Gasteiger partial charge in [0.2, 0.25) is 6.41 Å². The van der Waals surface area contributed by atoms with Gasteiger partial charge < -0.3 is 10.8 Å². The Morgan fingerprint density at radius 3 is 1.38 bits per heavy atom. The van der Waals surface area contributed by atoms with Crippen molar-refractivity contribution < 1.29 is 14.7 Å². The van der Waals surface area contributed by atoms with Crippen LogP contribution < -0.4 is 5.73 Å². The predicted molar refractivity (Wildman–Crippen MR) is 88.2 cm³/mol. The molecule has 0 fully saturated rings. The number of carboxylic acids is 1. The van der Waals surface area contributed by atoms with Crippen molar-refractivity contribution in [1.82, 2.24) is 0 Å². The molecule has 0 aromatic carbocycles. The molecule has 1 amide bonds. The Labute approximate surface area is 130 Å². The number of carbonyl (C=O) groups excluding carboxylic acids is 1. The van der Waals surface area contributed by atoms with Crippen LogP contribution in [0.2, 0.25) is 0 Å². The largest absolute Gasteiger partial charge is 0.481 e. The van der Waals surface area contributed by atoms with E-state index in [9.17, 15) is 4.79 Å². The molecule has 0 aliphatic rings. The average molecular weight is 301 g/mol. The highest BCUT2D eigenvalue weighted by Gasteiger charge is 1.96. The summed E-state index contributed by atoms with van der Waals surface area (Å²) in [6.07, 6.45) is 17.5. The number of primary amides is 1. The number of carboxylic acid groups (broad SMARTS) is 1. The van der Waals surface area contributed by atoms with Gasteiger partial charge in [-0.15, -0.1) is 0 Å². The monoisotopic (exact) mass is 301 g/mol. The third-order valence-corrected chi connectivity index (χ3v) is 3.49. The second kappa shape index (κ2) is 21.2. The lowest BCUT2D eigenvalue weighted by Gasteiger charge is -2.02. The first-order chi connectivity index (χ1) is 10.2. The first-order valence-electron chi connectivity index (χ1n) is 8.56. The van der Waals surface area contributed by atoms with E-state index in [2.05, 4.69) is 12.7 Å². The van der Waals surface area contributed by atoms with E-state index in [1.165, 1.54) is 70.6 Å². The van der Waals surface area contributed by atoms with Gasteiger partial charge in [0.05, 0.1) is 0 Å². The third-order valence-electron chi connectivity index (χ3n) is 3.49. The lowest BCUT2D eigenvalue weighted by molar-refractivity contribution is -0.137. The molecule has 0 saturated carbocycles. The van der Waals surface area contributed by atoms with Crippen molar-refractivity contribution in [3.63, 3.8) is 0 Å². The van der Waals surface area contributed by atoms with Gasteiger partial charge >= 0.3 is 5.97 Å². The summed E-state index contributed by atoms with van der Waals surface area (Å²) in [5.74, 6) is -0.655. The summed E-state index contributed by atoms with van der Waals surface area (Å²) in [5, 5.41) is 8.49. The van der Waals surface area contributed by atoms with Gasteiger partial charge in [-0.3, -0.25) is 9.59 Å². The number of carbonyl (C=O) groups is 2. The fraction of sp³-hybridized carbons (Fsp3) is 0.882. The van der Waals surface area contributed by atoms with E-state index < -0.39 is 5.97 Å². The second-order valence-electron chi connectivity index (χ2n) is 5.52. The molecule has 0 atom stereocenters. The summed E-state index contributed by atoms with van der Waals surface area (Å²) in [6.45, 7) is 2.26. The molecule has 4 nitrogen and oxygen atoms in total. The van der Waals surface area contributed by atoms with Crippen LogP contribution in [0.3, 0.4) is 0 Å². The molecular formula is C17H35NO3. The van der Waals surface area contributed by atoms with Gasteiger partial charge in [-0.2, -0.15) is 0 Å². The molecule has 0 radical (unpaired) electrons. The molecule has 21 heavy (non-hydrogen) atoms. The Kier molecular flexibility index (Phi) is 22.5. The van der Waals surface area contributed by atoms with Crippen molar-refractivity contribution in [2.24, 2.45) is 5.73 Å². The van der Waals surface area contributed by atoms with Gasteiger partial charge in [0, 0.05) is 6.42 Å². The standard InChI is InChI=1S/C16H32O2.CH3NO/c1-2-3-4-5-6-7-8-9-10-11-12-13-14-15-16(17)18;2-1-3/h2-15H2,1H3,(H,17,18);1H,(H2,2,3). The number of hydrogen-bond acceptors (Lipinski definition) is 2. The van der Waals surface area contributed by atoms with Gasteiger partial charge in [0.25, 0.3) is 0 Å². The van der Waals surface area contributed by atoms with Crippen molar-refractivity contribution in [3.05, 3.63) is 0 Å². The molecule has 3 N–H and O–H groups in total. The quantitative estimate of drug-likeness (QED) is 0.362. The van der Waals surface area contributed by atoms with Gasteiger partial charge in [0.1, 0.15) is 0 Å². The first-order valence-corrected chi connectivity index (χ1v) is 8.56. The zero-order valence-corrected chi connectivity index (χ0v) is 13.8. The molecule has 0 heterocycles. The molecule has 0 aliphatic heterocycles.